The second kappa shape index (κ2) is 6.76. The van der Waals surface area contributed by atoms with Gasteiger partial charge in [0.2, 0.25) is 5.91 Å². The number of hydrogen-bond acceptors (Lipinski definition) is 4. The summed E-state index contributed by atoms with van der Waals surface area (Å²) >= 11 is 0. The van der Waals surface area contributed by atoms with E-state index in [9.17, 15) is 15.2 Å². The summed E-state index contributed by atoms with van der Waals surface area (Å²) in [6.07, 6.45) is 5.27. The fraction of sp³-hybridized carbons (Fsp3) is 0.875. The summed E-state index contributed by atoms with van der Waals surface area (Å²) in [5.74, 6) is 0.235. The summed E-state index contributed by atoms with van der Waals surface area (Å²) in [4.78, 5) is 16.3. The van der Waals surface area contributed by atoms with E-state index in [4.69, 9.17) is 0 Å². The van der Waals surface area contributed by atoms with Crippen LogP contribution in [0.5, 0.6) is 0 Å². The number of carbonyl (C=O) groups is 1. The number of hydrogen-bond donors (Lipinski definition) is 1. The first kappa shape index (κ1) is 16.3. The van der Waals surface area contributed by atoms with Crippen molar-refractivity contribution in [1.29, 1.82) is 5.26 Å². The molecule has 2 fully saturated rings. The fourth-order valence-corrected chi connectivity index (χ4v) is 3.56. The Kier molecular flexibility index (Phi) is 5.23. The van der Waals surface area contributed by atoms with Crippen LogP contribution in [0, 0.1) is 17.2 Å². The van der Waals surface area contributed by atoms with Crippen molar-refractivity contribution >= 4 is 5.91 Å². The highest BCUT2D eigenvalue weighted by atomic mass is 16.3. The molecule has 118 valence electrons. The van der Waals surface area contributed by atoms with Crippen LogP contribution >= 0.6 is 0 Å². The van der Waals surface area contributed by atoms with Crippen LogP contribution in [0.1, 0.15) is 45.4 Å². The van der Waals surface area contributed by atoms with Gasteiger partial charge in [-0.05, 0) is 25.2 Å². The Morgan fingerprint density at radius 1 is 1.43 bits per heavy atom. The third-order valence-corrected chi connectivity index (χ3v) is 5.21. The number of likely N-dealkylation sites (N-methyl/N-ethyl adjacent to an activating group) is 1. The molecule has 2 rings (SSSR count). The smallest absolute Gasteiger partial charge is 0.237 e. The van der Waals surface area contributed by atoms with E-state index in [1.165, 1.54) is 0 Å². The molecule has 1 aliphatic carbocycles. The number of rotatable bonds is 3. The number of nitriles is 1. The molecule has 0 spiro atoms. The molecule has 5 nitrogen and oxygen atoms in total. The van der Waals surface area contributed by atoms with Crippen LogP contribution in [-0.2, 0) is 4.79 Å². The highest BCUT2D eigenvalue weighted by molar-refractivity contribution is 5.79. The summed E-state index contributed by atoms with van der Waals surface area (Å²) in [5.41, 5.74) is -0.601. The van der Waals surface area contributed by atoms with Gasteiger partial charge in [0.25, 0.3) is 0 Å². The van der Waals surface area contributed by atoms with Crippen molar-refractivity contribution in [3.05, 3.63) is 0 Å². The van der Waals surface area contributed by atoms with Crippen molar-refractivity contribution in [2.24, 2.45) is 5.92 Å². The van der Waals surface area contributed by atoms with Crippen LogP contribution in [0.3, 0.4) is 0 Å². The topological polar surface area (TPSA) is 67.6 Å². The third kappa shape index (κ3) is 3.56. The number of nitrogens with zero attached hydrogens (tertiary/aromatic N) is 3. The SMILES string of the molecule is CC1CN(CC(=O)N(C)C2(C#N)CCCCC2)CCC1O. The summed E-state index contributed by atoms with van der Waals surface area (Å²) in [6.45, 7) is 3.88. The lowest BCUT2D eigenvalue weighted by molar-refractivity contribution is -0.137. The number of amides is 1. The molecule has 0 aromatic carbocycles. The Labute approximate surface area is 127 Å². The summed E-state index contributed by atoms with van der Waals surface area (Å²) in [7, 11) is 1.78. The van der Waals surface area contributed by atoms with E-state index in [0.717, 1.165) is 51.6 Å². The Balaban J connectivity index is 1.94. The zero-order chi connectivity index (χ0) is 15.5. The largest absolute Gasteiger partial charge is 0.393 e. The van der Waals surface area contributed by atoms with Crippen LogP contribution in [0.4, 0.5) is 0 Å². The van der Waals surface area contributed by atoms with E-state index in [0.29, 0.717) is 6.54 Å². The van der Waals surface area contributed by atoms with Gasteiger partial charge in [-0.25, -0.2) is 0 Å². The quantitative estimate of drug-likeness (QED) is 0.853. The molecule has 0 bridgehead atoms. The molecule has 0 aromatic rings. The second-order valence-corrected chi connectivity index (χ2v) is 6.73. The van der Waals surface area contributed by atoms with Crippen LogP contribution in [0.2, 0.25) is 0 Å². The standard InChI is InChI=1S/C16H27N3O2/c1-13-10-19(9-6-14(13)20)11-15(21)18(2)16(12-17)7-4-3-5-8-16/h13-14,20H,3-11H2,1-2H3. The Bertz CT molecular complexity index is 412. The maximum Gasteiger partial charge on any atom is 0.237 e. The molecule has 2 unspecified atom stereocenters. The molecule has 2 aliphatic rings. The molecule has 0 radical (unpaired) electrons. The van der Waals surface area contributed by atoms with Crippen LogP contribution in [0.25, 0.3) is 0 Å². The molecule has 1 saturated carbocycles. The lowest BCUT2D eigenvalue weighted by atomic mass is 9.81. The first-order valence-corrected chi connectivity index (χ1v) is 8.07. The molecule has 2 atom stereocenters. The van der Waals surface area contributed by atoms with Crippen LogP contribution < -0.4 is 0 Å². The van der Waals surface area contributed by atoms with Crippen LogP contribution in [0.15, 0.2) is 0 Å². The summed E-state index contributed by atoms with van der Waals surface area (Å²) in [6, 6.07) is 2.40. The first-order valence-electron chi connectivity index (χ1n) is 8.07. The second-order valence-electron chi connectivity index (χ2n) is 6.73. The van der Waals surface area contributed by atoms with E-state index < -0.39 is 5.54 Å². The Hall–Kier alpha value is -1.12. The lowest BCUT2D eigenvalue weighted by Gasteiger charge is -2.41. The number of aliphatic hydroxyl groups excluding tert-OH is 1. The average molecular weight is 293 g/mol. The normalized spacial score (nSPS) is 29.6. The lowest BCUT2D eigenvalue weighted by Crippen LogP contribution is -2.54. The summed E-state index contributed by atoms with van der Waals surface area (Å²) in [5, 5.41) is 19.3. The minimum absolute atomic E-state index is 0.0297. The highest BCUT2D eigenvalue weighted by Crippen LogP contribution is 2.32. The minimum Gasteiger partial charge on any atom is -0.393 e. The average Bonchev–Trinajstić information content (AvgIpc) is 2.50. The van der Waals surface area contributed by atoms with Gasteiger partial charge in [-0.15, -0.1) is 0 Å². The van der Waals surface area contributed by atoms with Gasteiger partial charge in [-0.3, -0.25) is 9.69 Å². The molecule has 1 aliphatic heterocycles. The van der Waals surface area contributed by atoms with Gasteiger partial charge >= 0.3 is 0 Å². The molecular formula is C16H27N3O2. The molecule has 21 heavy (non-hydrogen) atoms. The molecule has 1 saturated heterocycles. The van der Waals surface area contributed by atoms with E-state index >= 15 is 0 Å². The predicted octanol–water partition coefficient (Wildman–Crippen LogP) is 1.37. The van der Waals surface area contributed by atoms with Crippen molar-refractivity contribution < 1.29 is 9.90 Å². The maximum absolute atomic E-state index is 12.5. The van der Waals surface area contributed by atoms with E-state index in [1.807, 2.05) is 6.92 Å². The van der Waals surface area contributed by atoms with Gasteiger partial charge in [-0.1, -0.05) is 26.2 Å². The minimum atomic E-state index is -0.601. The molecule has 1 heterocycles. The number of aliphatic hydroxyl groups is 1. The van der Waals surface area contributed by atoms with Gasteiger partial charge in [0.15, 0.2) is 0 Å². The number of carbonyl (C=O) groups excluding carboxylic acids is 1. The molecule has 1 N–H and O–H groups in total. The maximum atomic E-state index is 12.5. The van der Waals surface area contributed by atoms with E-state index in [1.54, 1.807) is 11.9 Å². The van der Waals surface area contributed by atoms with Gasteiger partial charge < -0.3 is 10.0 Å². The highest BCUT2D eigenvalue weighted by Gasteiger charge is 2.39. The zero-order valence-corrected chi connectivity index (χ0v) is 13.2. The van der Waals surface area contributed by atoms with E-state index in [-0.39, 0.29) is 17.9 Å². The van der Waals surface area contributed by atoms with Crippen molar-refractivity contribution in [3.8, 4) is 6.07 Å². The molecule has 0 aromatic heterocycles. The Morgan fingerprint density at radius 2 is 2.10 bits per heavy atom. The van der Waals surface area contributed by atoms with Gasteiger partial charge in [0.1, 0.15) is 5.54 Å². The predicted molar refractivity (Wildman–Crippen MR) is 80.4 cm³/mol. The van der Waals surface area contributed by atoms with Gasteiger partial charge in [-0.2, -0.15) is 5.26 Å². The number of likely N-dealkylation sites (tertiary alicyclic amines) is 1. The molecular weight excluding hydrogens is 266 g/mol. The van der Waals surface area contributed by atoms with Gasteiger partial charge in [0, 0.05) is 20.1 Å². The third-order valence-electron chi connectivity index (χ3n) is 5.21. The molecule has 5 heteroatoms. The van der Waals surface area contributed by atoms with Crippen molar-refractivity contribution in [3.63, 3.8) is 0 Å². The van der Waals surface area contributed by atoms with Crippen molar-refractivity contribution in [1.82, 2.24) is 9.80 Å². The van der Waals surface area contributed by atoms with Crippen molar-refractivity contribution in [2.45, 2.75) is 57.1 Å². The number of piperidine rings is 1. The van der Waals surface area contributed by atoms with E-state index in [2.05, 4.69) is 11.0 Å². The van der Waals surface area contributed by atoms with Crippen LogP contribution in [-0.4, -0.2) is 59.1 Å². The first-order chi connectivity index (χ1) is 9.98. The fourth-order valence-electron chi connectivity index (χ4n) is 3.56. The zero-order valence-electron chi connectivity index (χ0n) is 13.2. The molecule has 1 amide bonds. The van der Waals surface area contributed by atoms with Gasteiger partial charge in [0.05, 0.1) is 18.7 Å². The Morgan fingerprint density at radius 3 is 2.67 bits per heavy atom. The van der Waals surface area contributed by atoms with Crippen molar-refractivity contribution in [2.75, 3.05) is 26.7 Å². The monoisotopic (exact) mass is 293 g/mol. The summed E-state index contributed by atoms with van der Waals surface area (Å²) < 4.78 is 0.